The van der Waals surface area contributed by atoms with Gasteiger partial charge in [-0.05, 0) is 50.3 Å². The molecule has 6 nitrogen and oxygen atoms in total. The fraction of sp³-hybridized carbons (Fsp3) is 0.476. The number of amides is 1. The van der Waals surface area contributed by atoms with Gasteiger partial charge >= 0.3 is 5.97 Å². The number of piperidine rings is 1. The lowest BCUT2D eigenvalue weighted by Crippen LogP contribution is -2.52. The van der Waals surface area contributed by atoms with Crippen LogP contribution in [0.15, 0.2) is 36.5 Å². The maximum atomic E-state index is 13.0. The minimum absolute atomic E-state index is 0.0897. The Balaban J connectivity index is 1.90. The molecular weight excluding hydrogens is 342 g/mol. The minimum Gasteiger partial charge on any atom is -0.466 e. The van der Waals surface area contributed by atoms with Crippen molar-refractivity contribution in [1.82, 2.24) is 14.7 Å². The molecule has 1 amide bonds. The molecule has 1 aromatic carbocycles. The first-order valence-corrected chi connectivity index (χ1v) is 9.46. The van der Waals surface area contributed by atoms with Crippen LogP contribution in [0.4, 0.5) is 0 Å². The van der Waals surface area contributed by atoms with Crippen LogP contribution < -0.4 is 0 Å². The molecule has 0 saturated carbocycles. The molecule has 144 valence electrons. The molecule has 6 heteroatoms. The second kappa shape index (κ2) is 7.94. The van der Waals surface area contributed by atoms with Crippen molar-refractivity contribution in [2.24, 2.45) is 12.5 Å². The Morgan fingerprint density at radius 2 is 2.04 bits per heavy atom. The molecule has 0 N–H and O–H groups in total. The van der Waals surface area contributed by atoms with E-state index in [2.05, 4.69) is 24.2 Å². The largest absolute Gasteiger partial charge is 0.466 e. The van der Waals surface area contributed by atoms with Gasteiger partial charge in [0.2, 0.25) is 0 Å². The van der Waals surface area contributed by atoms with E-state index in [1.807, 2.05) is 19.1 Å². The summed E-state index contributed by atoms with van der Waals surface area (Å²) in [4.78, 5) is 27.7. The molecule has 0 radical (unpaired) electrons. The standard InChI is InChI=1S/C21H27N3O3/c1-4-27-20(26)21(14-17-9-6-5-8-16(17)2)11-7-13-24(15-21)19(25)18-10-12-22-23(18)3/h5-6,8-10,12H,4,7,11,13-15H2,1-3H3/t21-/m0/s1. The molecule has 1 atom stereocenters. The lowest BCUT2D eigenvalue weighted by molar-refractivity contribution is -0.158. The van der Waals surface area contributed by atoms with Crippen LogP contribution in [0, 0.1) is 12.3 Å². The number of ether oxygens (including phenoxy) is 1. The van der Waals surface area contributed by atoms with E-state index in [-0.39, 0.29) is 11.9 Å². The van der Waals surface area contributed by atoms with Crippen LogP contribution in [-0.2, 0) is 23.0 Å². The summed E-state index contributed by atoms with van der Waals surface area (Å²) in [5, 5.41) is 4.09. The smallest absolute Gasteiger partial charge is 0.314 e. The number of aromatic nitrogens is 2. The number of hydrogen-bond donors (Lipinski definition) is 0. The summed E-state index contributed by atoms with van der Waals surface area (Å²) in [7, 11) is 1.75. The zero-order valence-electron chi connectivity index (χ0n) is 16.3. The summed E-state index contributed by atoms with van der Waals surface area (Å²) in [6.45, 7) is 5.21. The second-order valence-electron chi connectivity index (χ2n) is 7.27. The number of esters is 1. The highest BCUT2D eigenvalue weighted by molar-refractivity contribution is 5.93. The molecule has 0 unspecified atom stereocenters. The van der Waals surface area contributed by atoms with E-state index in [0.29, 0.717) is 31.8 Å². The van der Waals surface area contributed by atoms with Gasteiger partial charge in [0, 0.05) is 26.3 Å². The van der Waals surface area contributed by atoms with Crippen molar-refractivity contribution in [3.8, 4) is 0 Å². The number of rotatable bonds is 5. The van der Waals surface area contributed by atoms with Crippen LogP contribution in [0.25, 0.3) is 0 Å². The van der Waals surface area contributed by atoms with Crippen LogP contribution in [0.2, 0.25) is 0 Å². The van der Waals surface area contributed by atoms with Crippen molar-refractivity contribution in [2.75, 3.05) is 19.7 Å². The average molecular weight is 369 g/mol. The Morgan fingerprint density at radius 1 is 1.26 bits per heavy atom. The zero-order valence-corrected chi connectivity index (χ0v) is 16.3. The Bertz CT molecular complexity index is 830. The zero-order chi connectivity index (χ0) is 19.4. The molecule has 2 heterocycles. The summed E-state index contributed by atoms with van der Waals surface area (Å²) in [6, 6.07) is 9.80. The number of carbonyl (C=O) groups is 2. The first kappa shape index (κ1) is 19.1. The lowest BCUT2D eigenvalue weighted by Gasteiger charge is -2.41. The van der Waals surface area contributed by atoms with Crippen molar-refractivity contribution < 1.29 is 14.3 Å². The molecule has 3 rings (SSSR count). The van der Waals surface area contributed by atoms with Gasteiger partial charge in [0.05, 0.1) is 12.0 Å². The predicted molar refractivity (Wildman–Crippen MR) is 102 cm³/mol. The van der Waals surface area contributed by atoms with Crippen LogP contribution >= 0.6 is 0 Å². The summed E-state index contributed by atoms with van der Waals surface area (Å²) in [5.74, 6) is -0.302. The van der Waals surface area contributed by atoms with Gasteiger partial charge in [0.1, 0.15) is 5.69 Å². The van der Waals surface area contributed by atoms with Crippen LogP contribution in [-0.4, -0.2) is 46.3 Å². The second-order valence-corrected chi connectivity index (χ2v) is 7.27. The van der Waals surface area contributed by atoms with Gasteiger partial charge in [-0.15, -0.1) is 0 Å². The minimum atomic E-state index is -0.714. The van der Waals surface area contributed by atoms with E-state index in [1.54, 1.807) is 28.9 Å². The number of hydrogen-bond acceptors (Lipinski definition) is 4. The van der Waals surface area contributed by atoms with Gasteiger partial charge in [-0.25, -0.2) is 0 Å². The third kappa shape index (κ3) is 3.89. The maximum absolute atomic E-state index is 13.0. The molecule has 0 aliphatic carbocycles. The predicted octanol–water partition coefficient (Wildman–Crippen LogP) is 2.76. The number of nitrogens with zero attached hydrogens (tertiary/aromatic N) is 3. The van der Waals surface area contributed by atoms with E-state index in [1.165, 1.54) is 0 Å². The quantitative estimate of drug-likeness (QED) is 0.760. The molecule has 0 bridgehead atoms. The summed E-state index contributed by atoms with van der Waals surface area (Å²) < 4.78 is 7.02. The molecule has 1 aliphatic rings. The fourth-order valence-corrected chi connectivity index (χ4v) is 3.89. The van der Waals surface area contributed by atoms with E-state index in [9.17, 15) is 9.59 Å². The Morgan fingerprint density at radius 3 is 2.70 bits per heavy atom. The van der Waals surface area contributed by atoms with Gasteiger partial charge in [-0.3, -0.25) is 14.3 Å². The Hall–Kier alpha value is -2.63. The van der Waals surface area contributed by atoms with Gasteiger partial charge in [-0.2, -0.15) is 5.10 Å². The molecular formula is C21H27N3O3. The Kier molecular flexibility index (Phi) is 5.63. The lowest BCUT2D eigenvalue weighted by atomic mass is 9.74. The van der Waals surface area contributed by atoms with E-state index in [4.69, 9.17) is 4.74 Å². The number of aryl methyl sites for hydroxylation is 2. The van der Waals surface area contributed by atoms with Crippen molar-refractivity contribution in [3.63, 3.8) is 0 Å². The monoisotopic (exact) mass is 369 g/mol. The number of carbonyl (C=O) groups excluding carboxylic acids is 2. The third-order valence-corrected chi connectivity index (χ3v) is 5.40. The van der Waals surface area contributed by atoms with E-state index < -0.39 is 5.41 Å². The highest BCUT2D eigenvalue weighted by Crippen LogP contribution is 2.36. The van der Waals surface area contributed by atoms with E-state index in [0.717, 1.165) is 24.0 Å². The molecule has 27 heavy (non-hydrogen) atoms. The summed E-state index contributed by atoms with van der Waals surface area (Å²) in [6.07, 6.45) is 3.68. The topological polar surface area (TPSA) is 64.4 Å². The van der Waals surface area contributed by atoms with Crippen molar-refractivity contribution >= 4 is 11.9 Å². The number of benzene rings is 1. The molecule has 1 aromatic heterocycles. The van der Waals surface area contributed by atoms with Crippen LogP contribution in [0.5, 0.6) is 0 Å². The average Bonchev–Trinajstić information content (AvgIpc) is 3.09. The third-order valence-electron chi connectivity index (χ3n) is 5.40. The van der Waals surface area contributed by atoms with Gasteiger partial charge in [0.25, 0.3) is 5.91 Å². The highest BCUT2D eigenvalue weighted by atomic mass is 16.5. The highest BCUT2D eigenvalue weighted by Gasteiger charge is 2.45. The maximum Gasteiger partial charge on any atom is 0.314 e. The normalized spacial score (nSPS) is 19.7. The molecule has 1 saturated heterocycles. The first-order chi connectivity index (χ1) is 13.0. The van der Waals surface area contributed by atoms with Gasteiger partial charge in [0.15, 0.2) is 0 Å². The molecule has 2 aromatic rings. The Labute approximate surface area is 160 Å². The SMILES string of the molecule is CCOC(=O)[C@]1(Cc2ccccc2C)CCCN(C(=O)c2ccnn2C)C1. The summed E-state index contributed by atoms with van der Waals surface area (Å²) in [5.41, 5.74) is 2.09. The van der Waals surface area contributed by atoms with E-state index >= 15 is 0 Å². The van der Waals surface area contributed by atoms with Crippen molar-refractivity contribution in [3.05, 3.63) is 53.3 Å². The summed E-state index contributed by atoms with van der Waals surface area (Å²) >= 11 is 0. The van der Waals surface area contributed by atoms with Crippen molar-refractivity contribution in [2.45, 2.75) is 33.1 Å². The molecule has 1 fully saturated rings. The van der Waals surface area contributed by atoms with Gasteiger partial charge in [-0.1, -0.05) is 24.3 Å². The van der Waals surface area contributed by atoms with Crippen molar-refractivity contribution in [1.29, 1.82) is 0 Å². The number of likely N-dealkylation sites (tertiary alicyclic amines) is 1. The van der Waals surface area contributed by atoms with Crippen LogP contribution in [0.1, 0.15) is 41.4 Å². The fourth-order valence-electron chi connectivity index (χ4n) is 3.89. The first-order valence-electron chi connectivity index (χ1n) is 9.46. The van der Waals surface area contributed by atoms with Gasteiger partial charge < -0.3 is 9.64 Å². The van der Waals surface area contributed by atoms with Crippen LogP contribution in [0.3, 0.4) is 0 Å². The molecule has 0 spiro atoms. The molecule has 1 aliphatic heterocycles.